The van der Waals surface area contributed by atoms with Gasteiger partial charge in [0.05, 0.1) is 23.7 Å². The molecule has 0 saturated heterocycles. The molecule has 2 nitrogen and oxygen atoms in total. The van der Waals surface area contributed by atoms with Crippen LogP contribution in [-0.4, -0.2) is 4.98 Å². The first-order chi connectivity index (χ1) is 9.43. The van der Waals surface area contributed by atoms with Crippen molar-refractivity contribution < 1.29 is 17.6 Å². The second-order valence-corrected chi connectivity index (χ2v) is 4.01. The number of halogens is 4. The lowest BCUT2D eigenvalue weighted by atomic mass is 9.97. The monoisotopic (exact) mass is 280 g/mol. The van der Waals surface area contributed by atoms with Gasteiger partial charge in [-0.3, -0.25) is 0 Å². The van der Waals surface area contributed by atoms with Crippen molar-refractivity contribution in [1.29, 1.82) is 5.26 Å². The Morgan fingerprint density at radius 1 is 1.05 bits per heavy atom. The molecule has 0 N–H and O–H groups in total. The minimum absolute atomic E-state index is 0.0100. The molecule has 0 radical (unpaired) electrons. The zero-order valence-electron chi connectivity index (χ0n) is 10.1. The minimum Gasteiger partial charge on any atom is -0.223 e. The molecule has 20 heavy (non-hydrogen) atoms. The summed E-state index contributed by atoms with van der Waals surface area (Å²) in [6.45, 7) is 0. The Labute approximate surface area is 112 Å². The molecule has 2 rings (SSSR count). The number of rotatable bonds is 2. The van der Waals surface area contributed by atoms with Gasteiger partial charge in [0.2, 0.25) is 5.95 Å². The molecule has 1 aromatic heterocycles. The van der Waals surface area contributed by atoms with Crippen LogP contribution in [0.2, 0.25) is 0 Å². The summed E-state index contributed by atoms with van der Waals surface area (Å²) in [7, 11) is 0. The number of pyridine rings is 1. The van der Waals surface area contributed by atoms with E-state index in [1.54, 1.807) is 6.07 Å². The number of nitriles is 1. The Bertz CT molecular complexity index is 672. The van der Waals surface area contributed by atoms with E-state index in [0.29, 0.717) is 0 Å². The first-order valence-corrected chi connectivity index (χ1v) is 5.62. The minimum atomic E-state index is -4.53. The highest BCUT2D eigenvalue weighted by atomic mass is 19.4. The van der Waals surface area contributed by atoms with Crippen LogP contribution >= 0.6 is 0 Å². The Morgan fingerprint density at radius 3 is 2.40 bits per heavy atom. The highest BCUT2D eigenvalue weighted by Crippen LogP contribution is 2.37. The van der Waals surface area contributed by atoms with Crippen LogP contribution in [0.1, 0.15) is 11.3 Å². The Kier molecular flexibility index (Phi) is 3.70. The molecule has 0 aliphatic rings. The highest BCUT2D eigenvalue weighted by molar-refractivity contribution is 5.70. The summed E-state index contributed by atoms with van der Waals surface area (Å²) < 4.78 is 52.0. The lowest BCUT2D eigenvalue weighted by molar-refractivity contribution is -0.137. The number of nitrogens with zero attached hydrogens (tertiary/aromatic N) is 2. The predicted octanol–water partition coefficient (Wildman–Crippen LogP) is 3.97. The summed E-state index contributed by atoms with van der Waals surface area (Å²) in [6, 6.07) is 8.89. The molecule has 0 fully saturated rings. The van der Waals surface area contributed by atoms with Gasteiger partial charge in [0.1, 0.15) is 0 Å². The van der Waals surface area contributed by atoms with Crippen molar-refractivity contribution in [2.45, 2.75) is 12.6 Å². The van der Waals surface area contributed by atoms with Gasteiger partial charge >= 0.3 is 6.18 Å². The number of alkyl halides is 3. The van der Waals surface area contributed by atoms with Crippen LogP contribution < -0.4 is 0 Å². The molecule has 0 atom stereocenters. The van der Waals surface area contributed by atoms with Crippen LogP contribution in [-0.2, 0) is 12.6 Å². The van der Waals surface area contributed by atoms with Crippen LogP contribution in [0.5, 0.6) is 0 Å². The summed E-state index contributed by atoms with van der Waals surface area (Å²) >= 11 is 0. The third-order valence-electron chi connectivity index (χ3n) is 2.71. The van der Waals surface area contributed by atoms with Gasteiger partial charge in [-0.2, -0.15) is 22.8 Å². The van der Waals surface area contributed by atoms with Gasteiger partial charge in [0.25, 0.3) is 0 Å². The average Bonchev–Trinajstić information content (AvgIpc) is 2.38. The van der Waals surface area contributed by atoms with Gasteiger partial charge in [-0.1, -0.05) is 18.2 Å². The summed E-state index contributed by atoms with van der Waals surface area (Å²) in [5.74, 6) is -0.830. The number of hydrogen-bond acceptors (Lipinski definition) is 2. The fourth-order valence-corrected chi connectivity index (χ4v) is 1.89. The summed E-state index contributed by atoms with van der Waals surface area (Å²) in [5.41, 5.74) is -0.851. The molecule has 0 bridgehead atoms. The van der Waals surface area contributed by atoms with Crippen molar-refractivity contribution in [1.82, 2.24) is 4.98 Å². The quantitative estimate of drug-likeness (QED) is 0.616. The second-order valence-electron chi connectivity index (χ2n) is 4.01. The van der Waals surface area contributed by atoms with E-state index in [0.717, 1.165) is 12.1 Å². The molecule has 0 saturated carbocycles. The van der Waals surface area contributed by atoms with E-state index in [2.05, 4.69) is 4.98 Å². The molecule has 0 aliphatic heterocycles. The lowest BCUT2D eigenvalue weighted by Gasteiger charge is -2.14. The highest BCUT2D eigenvalue weighted by Gasteiger charge is 2.33. The molecule has 0 spiro atoms. The molecule has 6 heteroatoms. The van der Waals surface area contributed by atoms with Crippen molar-refractivity contribution in [2.24, 2.45) is 0 Å². The Hall–Kier alpha value is -2.42. The third-order valence-corrected chi connectivity index (χ3v) is 2.71. The smallest absolute Gasteiger partial charge is 0.223 e. The fraction of sp³-hybridized carbons (Fsp3) is 0.143. The maximum Gasteiger partial charge on any atom is 0.417 e. The van der Waals surface area contributed by atoms with Gasteiger partial charge in [0.15, 0.2) is 0 Å². The van der Waals surface area contributed by atoms with Gasteiger partial charge in [0, 0.05) is 5.56 Å². The van der Waals surface area contributed by atoms with Crippen LogP contribution in [0.25, 0.3) is 11.1 Å². The van der Waals surface area contributed by atoms with Gasteiger partial charge in [-0.05, 0) is 23.8 Å². The van der Waals surface area contributed by atoms with Crippen molar-refractivity contribution in [3.05, 3.63) is 53.6 Å². The lowest BCUT2D eigenvalue weighted by Crippen LogP contribution is -2.08. The Balaban J connectivity index is 2.67. The first-order valence-electron chi connectivity index (χ1n) is 5.62. The molecule has 102 valence electrons. The van der Waals surface area contributed by atoms with Gasteiger partial charge in [-0.25, -0.2) is 4.98 Å². The molecule has 1 aromatic carbocycles. The SMILES string of the molecule is N#CCc1nc(F)ccc1-c1ccccc1C(F)(F)F. The molecule has 0 unspecified atom stereocenters. The Morgan fingerprint density at radius 2 is 1.75 bits per heavy atom. The average molecular weight is 280 g/mol. The topological polar surface area (TPSA) is 36.7 Å². The van der Waals surface area contributed by atoms with Gasteiger partial charge < -0.3 is 0 Å². The first kappa shape index (κ1) is 14.0. The standard InChI is InChI=1S/C14H8F4N2/c15-13-6-5-10(12(20-13)7-8-19)9-3-1-2-4-11(9)14(16,17)18/h1-6H,7H2. The van der Waals surface area contributed by atoms with Crippen molar-refractivity contribution in [3.63, 3.8) is 0 Å². The largest absolute Gasteiger partial charge is 0.417 e. The summed E-state index contributed by atoms with van der Waals surface area (Å²) in [6.07, 6.45) is -4.80. The molecular formula is C14H8F4N2. The van der Waals surface area contributed by atoms with Gasteiger partial charge in [-0.15, -0.1) is 0 Å². The van der Waals surface area contributed by atoms with E-state index >= 15 is 0 Å². The van der Waals surface area contributed by atoms with E-state index in [1.165, 1.54) is 24.3 Å². The molecule has 2 aromatic rings. The third kappa shape index (κ3) is 2.77. The number of benzene rings is 1. The van der Waals surface area contributed by atoms with Crippen molar-refractivity contribution in [3.8, 4) is 17.2 Å². The van der Waals surface area contributed by atoms with E-state index in [1.807, 2.05) is 0 Å². The molecule has 0 aliphatic carbocycles. The summed E-state index contributed by atoms with van der Waals surface area (Å²) in [5, 5.41) is 8.68. The zero-order valence-corrected chi connectivity index (χ0v) is 10.1. The number of aromatic nitrogens is 1. The molecular weight excluding hydrogens is 272 g/mol. The van der Waals surface area contributed by atoms with E-state index in [4.69, 9.17) is 5.26 Å². The maximum atomic E-state index is 13.1. The molecule has 1 heterocycles. The van der Waals surface area contributed by atoms with Crippen LogP contribution in [0.15, 0.2) is 36.4 Å². The normalized spacial score (nSPS) is 11.2. The number of hydrogen-bond donors (Lipinski definition) is 0. The summed E-state index contributed by atoms with van der Waals surface area (Å²) in [4.78, 5) is 3.51. The molecule has 0 amide bonds. The van der Waals surface area contributed by atoms with Crippen LogP contribution in [0, 0.1) is 17.3 Å². The van der Waals surface area contributed by atoms with Crippen molar-refractivity contribution in [2.75, 3.05) is 0 Å². The van der Waals surface area contributed by atoms with Crippen LogP contribution in [0.4, 0.5) is 17.6 Å². The van der Waals surface area contributed by atoms with Crippen molar-refractivity contribution >= 4 is 0 Å². The maximum absolute atomic E-state index is 13.1. The van der Waals surface area contributed by atoms with Crippen LogP contribution in [0.3, 0.4) is 0 Å². The van der Waals surface area contributed by atoms with E-state index in [9.17, 15) is 17.6 Å². The van der Waals surface area contributed by atoms with E-state index in [-0.39, 0.29) is 23.2 Å². The van der Waals surface area contributed by atoms with E-state index < -0.39 is 17.7 Å². The second kappa shape index (κ2) is 5.29. The fourth-order valence-electron chi connectivity index (χ4n) is 1.89. The predicted molar refractivity (Wildman–Crippen MR) is 64.0 cm³/mol. The zero-order chi connectivity index (χ0) is 14.8.